The Balaban J connectivity index is 1.77. The molecule has 4 nitrogen and oxygen atoms in total. The molecule has 1 aromatic heterocycles. The number of aryl methyl sites for hydroxylation is 1. The minimum absolute atomic E-state index is 0.269. The van der Waals surface area contributed by atoms with Gasteiger partial charge in [-0.05, 0) is 63.0 Å². The standard InChI is InChI=1S/C16H22N2O2/c1-9-3-6-13(16(19)20)15(17-9)18-10(2)14-8-11-4-5-12(14)7-11/h3,6,10-12,14H,4-5,7-8H2,1-2H3,(H,17,18)(H,19,20). The molecule has 3 rings (SSSR count). The SMILES string of the molecule is Cc1ccc(C(=O)O)c(NC(C)C2CC3CCC2C3)n1. The minimum atomic E-state index is -0.917. The number of anilines is 1. The van der Waals surface area contributed by atoms with E-state index in [0.29, 0.717) is 11.7 Å². The first-order valence-electron chi connectivity index (χ1n) is 7.52. The van der Waals surface area contributed by atoms with Crippen LogP contribution in [0, 0.1) is 24.7 Å². The van der Waals surface area contributed by atoms with Crippen molar-refractivity contribution >= 4 is 11.8 Å². The Morgan fingerprint density at radius 2 is 2.20 bits per heavy atom. The van der Waals surface area contributed by atoms with E-state index < -0.39 is 5.97 Å². The molecular weight excluding hydrogens is 252 g/mol. The molecule has 0 radical (unpaired) electrons. The predicted molar refractivity (Wildman–Crippen MR) is 78.0 cm³/mol. The summed E-state index contributed by atoms with van der Waals surface area (Å²) in [4.78, 5) is 15.7. The number of carboxylic acid groups (broad SMARTS) is 1. The van der Waals surface area contributed by atoms with Gasteiger partial charge in [-0.25, -0.2) is 9.78 Å². The number of pyridine rings is 1. The fraction of sp³-hybridized carbons (Fsp3) is 0.625. The van der Waals surface area contributed by atoms with E-state index in [0.717, 1.165) is 17.5 Å². The average molecular weight is 274 g/mol. The molecule has 108 valence electrons. The van der Waals surface area contributed by atoms with Crippen LogP contribution in [0.25, 0.3) is 0 Å². The van der Waals surface area contributed by atoms with Crippen molar-refractivity contribution in [2.75, 3.05) is 5.32 Å². The van der Waals surface area contributed by atoms with Gasteiger partial charge in [0.25, 0.3) is 0 Å². The van der Waals surface area contributed by atoms with E-state index in [1.54, 1.807) is 12.1 Å². The van der Waals surface area contributed by atoms with Gasteiger partial charge in [-0.2, -0.15) is 0 Å². The maximum Gasteiger partial charge on any atom is 0.339 e. The molecule has 2 fully saturated rings. The van der Waals surface area contributed by atoms with Crippen LogP contribution in [0.4, 0.5) is 5.82 Å². The zero-order valence-corrected chi connectivity index (χ0v) is 12.1. The molecule has 4 atom stereocenters. The molecule has 0 spiro atoms. The number of hydrogen-bond acceptors (Lipinski definition) is 3. The Kier molecular flexibility index (Phi) is 3.40. The van der Waals surface area contributed by atoms with Crippen molar-refractivity contribution in [2.24, 2.45) is 17.8 Å². The lowest BCUT2D eigenvalue weighted by atomic mass is 9.84. The van der Waals surface area contributed by atoms with Gasteiger partial charge in [-0.15, -0.1) is 0 Å². The third kappa shape index (κ3) is 2.39. The fourth-order valence-corrected chi connectivity index (χ4v) is 4.07. The molecule has 0 aromatic carbocycles. The molecule has 2 aliphatic carbocycles. The minimum Gasteiger partial charge on any atom is -0.478 e. The molecular formula is C16H22N2O2. The molecule has 1 aromatic rings. The summed E-state index contributed by atoms with van der Waals surface area (Å²) in [5.74, 6) is 1.99. The summed E-state index contributed by atoms with van der Waals surface area (Å²) >= 11 is 0. The summed E-state index contributed by atoms with van der Waals surface area (Å²) in [6.45, 7) is 4.06. The number of carboxylic acids is 1. The van der Waals surface area contributed by atoms with E-state index in [9.17, 15) is 9.90 Å². The topological polar surface area (TPSA) is 62.2 Å². The Hall–Kier alpha value is -1.58. The lowest BCUT2D eigenvalue weighted by Crippen LogP contribution is -2.31. The summed E-state index contributed by atoms with van der Waals surface area (Å²) in [6.07, 6.45) is 5.38. The Morgan fingerprint density at radius 1 is 1.40 bits per heavy atom. The Labute approximate surface area is 119 Å². The highest BCUT2D eigenvalue weighted by atomic mass is 16.4. The van der Waals surface area contributed by atoms with Crippen molar-refractivity contribution in [3.63, 3.8) is 0 Å². The van der Waals surface area contributed by atoms with Crippen LogP contribution < -0.4 is 5.32 Å². The van der Waals surface area contributed by atoms with E-state index in [4.69, 9.17) is 0 Å². The first-order valence-corrected chi connectivity index (χ1v) is 7.52. The van der Waals surface area contributed by atoms with Gasteiger partial charge < -0.3 is 10.4 Å². The Bertz CT molecular complexity index is 529. The summed E-state index contributed by atoms with van der Waals surface area (Å²) in [7, 11) is 0. The number of nitrogens with one attached hydrogen (secondary N) is 1. The molecule has 4 heteroatoms. The number of aromatic nitrogens is 1. The van der Waals surface area contributed by atoms with Crippen LogP contribution in [-0.2, 0) is 0 Å². The number of nitrogens with zero attached hydrogens (tertiary/aromatic N) is 1. The fourth-order valence-electron chi connectivity index (χ4n) is 4.07. The van der Waals surface area contributed by atoms with E-state index >= 15 is 0 Å². The van der Waals surface area contributed by atoms with Gasteiger partial charge in [-0.1, -0.05) is 6.42 Å². The molecule has 0 saturated heterocycles. The van der Waals surface area contributed by atoms with Crippen molar-refractivity contribution in [1.29, 1.82) is 0 Å². The number of hydrogen-bond donors (Lipinski definition) is 2. The van der Waals surface area contributed by atoms with Gasteiger partial charge in [0.1, 0.15) is 11.4 Å². The van der Waals surface area contributed by atoms with Crippen LogP contribution in [0.2, 0.25) is 0 Å². The van der Waals surface area contributed by atoms with Crippen molar-refractivity contribution in [3.05, 3.63) is 23.4 Å². The van der Waals surface area contributed by atoms with Gasteiger partial charge >= 0.3 is 5.97 Å². The second-order valence-corrected chi connectivity index (χ2v) is 6.43. The monoisotopic (exact) mass is 274 g/mol. The summed E-state index contributed by atoms with van der Waals surface area (Å²) in [5.41, 5.74) is 1.11. The smallest absolute Gasteiger partial charge is 0.339 e. The molecule has 2 bridgehead atoms. The molecule has 20 heavy (non-hydrogen) atoms. The quantitative estimate of drug-likeness (QED) is 0.884. The third-order valence-corrected chi connectivity index (χ3v) is 5.06. The first kappa shape index (κ1) is 13.4. The predicted octanol–water partition coefficient (Wildman–Crippen LogP) is 3.32. The van der Waals surface area contributed by atoms with Crippen LogP contribution >= 0.6 is 0 Å². The summed E-state index contributed by atoms with van der Waals surface area (Å²) in [6, 6.07) is 3.68. The van der Waals surface area contributed by atoms with Crippen LogP contribution in [0.5, 0.6) is 0 Å². The van der Waals surface area contributed by atoms with Gasteiger partial charge in [0.2, 0.25) is 0 Å². The van der Waals surface area contributed by atoms with Crippen molar-refractivity contribution in [2.45, 2.75) is 45.6 Å². The number of fused-ring (bicyclic) bond motifs is 2. The number of aromatic carboxylic acids is 1. The van der Waals surface area contributed by atoms with E-state index in [1.807, 2.05) is 6.92 Å². The van der Waals surface area contributed by atoms with Crippen LogP contribution in [0.1, 0.15) is 48.7 Å². The molecule has 0 amide bonds. The third-order valence-electron chi connectivity index (χ3n) is 5.06. The molecule has 2 saturated carbocycles. The molecule has 4 unspecified atom stereocenters. The average Bonchev–Trinajstić information content (AvgIpc) is 3.00. The largest absolute Gasteiger partial charge is 0.478 e. The lowest BCUT2D eigenvalue weighted by molar-refractivity contribution is 0.0697. The second-order valence-electron chi connectivity index (χ2n) is 6.43. The highest BCUT2D eigenvalue weighted by Gasteiger charge is 2.42. The summed E-state index contributed by atoms with van der Waals surface area (Å²) < 4.78 is 0. The Morgan fingerprint density at radius 3 is 2.80 bits per heavy atom. The molecule has 2 aliphatic rings. The van der Waals surface area contributed by atoms with E-state index in [1.165, 1.54) is 25.7 Å². The summed E-state index contributed by atoms with van der Waals surface area (Å²) in [5, 5.41) is 12.6. The van der Waals surface area contributed by atoms with Gasteiger partial charge in [0.15, 0.2) is 0 Å². The maximum absolute atomic E-state index is 11.3. The van der Waals surface area contributed by atoms with Crippen LogP contribution in [0.3, 0.4) is 0 Å². The van der Waals surface area contributed by atoms with Gasteiger partial charge in [0, 0.05) is 11.7 Å². The number of carbonyl (C=O) groups is 1. The first-order chi connectivity index (χ1) is 9.54. The van der Waals surface area contributed by atoms with Crippen molar-refractivity contribution < 1.29 is 9.90 Å². The van der Waals surface area contributed by atoms with Crippen LogP contribution in [-0.4, -0.2) is 22.1 Å². The normalized spacial score (nSPS) is 29.4. The number of rotatable bonds is 4. The van der Waals surface area contributed by atoms with E-state index in [2.05, 4.69) is 17.2 Å². The van der Waals surface area contributed by atoms with Crippen molar-refractivity contribution in [1.82, 2.24) is 4.98 Å². The van der Waals surface area contributed by atoms with Crippen LogP contribution in [0.15, 0.2) is 12.1 Å². The van der Waals surface area contributed by atoms with Gasteiger partial charge in [-0.3, -0.25) is 0 Å². The highest BCUT2D eigenvalue weighted by molar-refractivity contribution is 5.93. The molecule has 1 heterocycles. The second kappa shape index (κ2) is 5.08. The lowest BCUT2D eigenvalue weighted by Gasteiger charge is -2.29. The molecule has 0 aliphatic heterocycles. The molecule has 2 N–H and O–H groups in total. The van der Waals surface area contributed by atoms with Crippen molar-refractivity contribution in [3.8, 4) is 0 Å². The zero-order valence-electron chi connectivity index (χ0n) is 12.1. The van der Waals surface area contributed by atoms with E-state index in [-0.39, 0.29) is 11.6 Å². The highest BCUT2D eigenvalue weighted by Crippen LogP contribution is 2.49. The zero-order chi connectivity index (χ0) is 14.3. The van der Waals surface area contributed by atoms with Gasteiger partial charge in [0.05, 0.1) is 0 Å². The maximum atomic E-state index is 11.3.